The largest absolute Gasteiger partial charge is 0.342 e. The number of ketones is 2. The van der Waals surface area contributed by atoms with Crippen molar-refractivity contribution in [2.24, 2.45) is 70.3 Å². The number of nitrogens with two attached hydrogens (primary N) is 6. The Morgan fingerprint density at radius 2 is 0.942 bits per heavy atom. The van der Waals surface area contributed by atoms with E-state index in [4.69, 9.17) is 34.8 Å². The third-order valence-corrected chi connectivity index (χ3v) is 16.9. The standard InChI is InChI=1S/C62H98N14O10/c1-37(2)31-43-35-52(77)47(23-15-27-63)73(65)58(82)44(39(5)6)36-53(78)46-25-17-29-71(46)60(84)51(34-42-21-13-10-14-22-42)76(68)59(83)45(32-38(3)4)69-56(80)49(24-16-28-64)74(66)62(86)54(40(7)8)70-55(79)48-26-18-30-72(48)61(85)50(75(67)57(43)81)33-41-19-11-9-12-20-41/h9-14,19-22,37-40,43-51,54H,15-18,23-36,63-68H2,1-8H3,(H,69,80)(H,70,79)/t43-,44+,45+,46+,47+,48+,49+,50-,51-,54+/m1/s1. The summed E-state index contributed by atoms with van der Waals surface area (Å²) >= 11 is 0. The summed E-state index contributed by atoms with van der Waals surface area (Å²) in [5.74, 6) is 16.4. The van der Waals surface area contributed by atoms with Crippen molar-refractivity contribution in [3.8, 4) is 0 Å². The number of fused-ring (bicyclic) bond motifs is 2. The molecule has 5 rings (SSSR count). The first-order valence-corrected chi connectivity index (χ1v) is 30.8. The van der Waals surface area contributed by atoms with Crippen molar-refractivity contribution in [3.05, 3.63) is 71.8 Å². The Kier molecular flexibility index (Phi) is 26.8. The Balaban J connectivity index is 1.66. The number of Topliss-reactive ketones (excluding diaryl/α,β-unsaturated/α-hetero) is 2. The average Bonchev–Trinajstić information content (AvgIpc) is 3.44. The second-order valence-electron chi connectivity index (χ2n) is 25.1. The van der Waals surface area contributed by atoms with Crippen molar-refractivity contribution in [1.29, 1.82) is 0 Å². The highest BCUT2D eigenvalue weighted by atomic mass is 16.2. The summed E-state index contributed by atoms with van der Waals surface area (Å²) in [5.41, 5.74) is 13.2. The van der Waals surface area contributed by atoms with Gasteiger partial charge in [0.1, 0.15) is 42.3 Å². The van der Waals surface area contributed by atoms with Gasteiger partial charge in [-0.1, -0.05) is 116 Å². The third kappa shape index (κ3) is 18.2. The van der Waals surface area contributed by atoms with Gasteiger partial charge < -0.3 is 31.9 Å². The Morgan fingerprint density at radius 1 is 0.477 bits per heavy atom. The van der Waals surface area contributed by atoms with Gasteiger partial charge in [-0.25, -0.2) is 23.4 Å². The Labute approximate surface area is 507 Å². The Morgan fingerprint density at radius 3 is 1.43 bits per heavy atom. The molecule has 2 aromatic rings. The zero-order chi connectivity index (χ0) is 63.7. The lowest BCUT2D eigenvalue weighted by atomic mass is 9.85. The number of amides is 8. The molecule has 3 heterocycles. The summed E-state index contributed by atoms with van der Waals surface area (Å²) < 4.78 is 0. The fourth-order valence-corrected chi connectivity index (χ4v) is 12.1. The maximum Gasteiger partial charge on any atom is 0.260 e. The lowest BCUT2D eigenvalue weighted by molar-refractivity contribution is -0.153. The number of hydrogen-bond donors (Lipinski definition) is 8. The van der Waals surface area contributed by atoms with E-state index in [1.807, 2.05) is 27.7 Å². The number of nitrogens with one attached hydrogen (secondary N) is 2. The van der Waals surface area contributed by atoms with E-state index in [1.165, 1.54) is 9.80 Å². The van der Waals surface area contributed by atoms with Crippen molar-refractivity contribution in [3.63, 3.8) is 0 Å². The molecule has 3 fully saturated rings. The second-order valence-corrected chi connectivity index (χ2v) is 25.1. The molecule has 24 nitrogen and oxygen atoms in total. The van der Waals surface area contributed by atoms with E-state index in [0.29, 0.717) is 24.0 Å². The molecule has 0 bridgehead atoms. The minimum Gasteiger partial charge on any atom is -0.342 e. The van der Waals surface area contributed by atoms with Crippen LogP contribution in [0.2, 0.25) is 0 Å². The molecule has 0 aromatic heterocycles. The summed E-state index contributed by atoms with van der Waals surface area (Å²) in [7, 11) is 0. The van der Waals surface area contributed by atoms with Crippen LogP contribution in [0.1, 0.15) is 144 Å². The lowest BCUT2D eigenvalue weighted by Gasteiger charge is -2.37. The molecule has 0 aliphatic carbocycles. The number of hydrazine groups is 4. The number of nitrogens with zero attached hydrogens (tertiary/aromatic N) is 6. The first-order valence-electron chi connectivity index (χ1n) is 30.8. The van der Waals surface area contributed by atoms with Gasteiger partial charge in [-0.3, -0.25) is 68.0 Å². The van der Waals surface area contributed by atoms with E-state index in [1.54, 1.807) is 88.4 Å². The summed E-state index contributed by atoms with van der Waals surface area (Å²) in [5, 5.41) is 8.81. The molecule has 14 N–H and O–H groups in total. The molecule has 8 amide bonds. The van der Waals surface area contributed by atoms with Crippen LogP contribution in [0.3, 0.4) is 0 Å². The molecule has 24 heteroatoms. The van der Waals surface area contributed by atoms with Gasteiger partial charge >= 0.3 is 0 Å². The molecule has 86 heavy (non-hydrogen) atoms. The summed E-state index contributed by atoms with van der Waals surface area (Å²) in [6.07, 6.45) is 0.793. The molecular formula is C62H98N14O10. The van der Waals surface area contributed by atoms with Crippen LogP contribution in [0.15, 0.2) is 60.7 Å². The summed E-state index contributed by atoms with van der Waals surface area (Å²) in [6.45, 7) is 14.6. The van der Waals surface area contributed by atoms with Gasteiger partial charge in [-0.2, -0.15) is 0 Å². The molecule has 0 unspecified atom stereocenters. The molecule has 2 aromatic carbocycles. The van der Waals surface area contributed by atoms with Crippen LogP contribution in [0.25, 0.3) is 0 Å². The minimum atomic E-state index is -1.44. The van der Waals surface area contributed by atoms with Crippen molar-refractivity contribution < 1.29 is 47.9 Å². The molecule has 0 saturated carbocycles. The lowest BCUT2D eigenvalue weighted by Crippen LogP contribution is -2.64. The van der Waals surface area contributed by atoms with Crippen molar-refractivity contribution in [1.82, 2.24) is 40.5 Å². The number of hydrogen-bond acceptors (Lipinski definition) is 16. The molecule has 3 aliphatic rings. The SMILES string of the molecule is CC(C)C[C@@H]1CC(=O)[C@H](CCCN)N(N)C(=O)[C@H](C(C)C)CC(=O)[C@@H]2CCCN2C(=O)[C@@H](Cc2ccccc2)N(N)C(=O)[C@H](CC(C)C)NC(=O)[C@H](CCCN)N(N)C(=O)[C@H](C(C)C)NC(=O)[C@@H]2CCCN2C(=O)[C@@H](Cc2ccccc2)N(N)C1=O. The van der Waals surface area contributed by atoms with Crippen molar-refractivity contribution >= 4 is 58.8 Å². The van der Waals surface area contributed by atoms with Gasteiger partial charge in [-0.15, -0.1) is 0 Å². The quantitative estimate of drug-likeness (QED) is 0.0877. The summed E-state index contributed by atoms with van der Waals surface area (Å²) in [4.78, 5) is 152. The monoisotopic (exact) mass is 1200 g/mol. The molecule has 3 saturated heterocycles. The molecule has 0 spiro atoms. The smallest absolute Gasteiger partial charge is 0.260 e. The number of carbonyl (C=O) groups excluding carboxylic acids is 10. The maximum atomic E-state index is 15.2. The van der Waals surface area contributed by atoms with E-state index in [0.717, 1.165) is 20.0 Å². The highest BCUT2D eigenvalue weighted by molar-refractivity contribution is 6.00. The van der Waals surface area contributed by atoms with E-state index in [9.17, 15) is 33.6 Å². The van der Waals surface area contributed by atoms with Gasteiger partial charge in [0, 0.05) is 50.6 Å². The predicted molar refractivity (Wildman–Crippen MR) is 324 cm³/mol. The minimum absolute atomic E-state index is 0.0178. The fourth-order valence-electron chi connectivity index (χ4n) is 12.1. The Bertz CT molecular complexity index is 2470. The van der Waals surface area contributed by atoms with Gasteiger partial charge in [0.05, 0.1) is 6.04 Å². The van der Waals surface area contributed by atoms with Crippen LogP contribution in [-0.2, 0) is 60.8 Å². The number of carbonyl (C=O) groups is 10. The van der Waals surface area contributed by atoms with Crippen molar-refractivity contribution in [2.45, 2.75) is 194 Å². The van der Waals surface area contributed by atoms with Crippen LogP contribution >= 0.6 is 0 Å². The average molecular weight is 1200 g/mol. The highest BCUT2D eigenvalue weighted by Gasteiger charge is 2.47. The van der Waals surface area contributed by atoms with Crippen LogP contribution in [0.4, 0.5) is 0 Å². The van der Waals surface area contributed by atoms with Gasteiger partial charge in [0.25, 0.3) is 11.8 Å². The predicted octanol–water partition coefficient (Wildman–Crippen LogP) is 1.75. The number of rotatable bonds is 16. The van der Waals surface area contributed by atoms with Gasteiger partial charge in [0.15, 0.2) is 11.6 Å². The van der Waals surface area contributed by atoms with E-state index < -0.39 is 137 Å². The second kappa shape index (κ2) is 32.9. The topological polar surface area (TPSA) is 370 Å². The van der Waals surface area contributed by atoms with Crippen LogP contribution < -0.4 is 45.5 Å². The maximum absolute atomic E-state index is 15.2. The highest BCUT2D eigenvalue weighted by Crippen LogP contribution is 2.30. The normalized spacial score (nSPS) is 26.6. The fraction of sp³-hybridized carbons (Fsp3) is 0.645. The Hall–Kier alpha value is -6.70. The van der Waals surface area contributed by atoms with E-state index in [-0.39, 0.29) is 109 Å². The van der Waals surface area contributed by atoms with Crippen LogP contribution in [0, 0.1) is 35.5 Å². The molecule has 3 aliphatic heterocycles. The van der Waals surface area contributed by atoms with E-state index in [2.05, 4.69) is 10.6 Å². The molecule has 10 atom stereocenters. The first kappa shape index (κ1) is 70.1. The van der Waals surface area contributed by atoms with E-state index >= 15 is 14.4 Å². The third-order valence-electron chi connectivity index (χ3n) is 16.9. The zero-order valence-electron chi connectivity index (χ0n) is 51.8. The number of benzene rings is 2. The first-order chi connectivity index (χ1) is 40.7. The van der Waals surface area contributed by atoms with Gasteiger partial charge in [0.2, 0.25) is 35.4 Å². The zero-order valence-corrected chi connectivity index (χ0v) is 51.8. The van der Waals surface area contributed by atoms with Crippen LogP contribution in [0.5, 0.6) is 0 Å². The molecular weight excluding hydrogens is 1100 g/mol. The van der Waals surface area contributed by atoms with Gasteiger partial charge in [-0.05, 0) is 112 Å². The molecule has 0 radical (unpaired) electrons. The van der Waals surface area contributed by atoms with Crippen LogP contribution in [-0.4, -0.2) is 163 Å². The summed E-state index contributed by atoms with van der Waals surface area (Å²) in [6, 6.07) is 7.26. The molecule has 476 valence electrons. The van der Waals surface area contributed by atoms with Crippen molar-refractivity contribution in [2.75, 3.05) is 26.2 Å².